The van der Waals surface area contributed by atoms with Crippen LogP contribution in [0.5, 0.6) is 0 Å². The summed E-state index contributed by atoms with van der Waals surface area (Å²) in [4.78, 5) is 0. The Morgan fingerprint density at radius 2 is 2.00 bits per heavy atom. The fourth-order valence-electron chi connectivity index (χ4n) is 2.63. The van der Waals surface area contributed by atoms with Crippen molar-refractivity contribution in [2.45, 2.75) is 44.7 Å². The zero-order valence-electron chi connectivity index (χ0n) is 11.0. The van der Waals surface area contributed by atoms with Crippen LogP contribution in [0.2, 0.25) is 0 Å². The van der Waals surface area contributed by atoms with Gasteiger partial charge in [0.1, 0.15) is 5.82 Å². The van der Waals surface area contributed by atoms with Crippen molar-refractivity contribution in [3.05, 3.63) is 35.6 Å². The maximum atomic E-state index is 13.5. The van der Waals surface area contributed by atoms with Gasteiger partial charge in [-0.3, -0.25) is 0 Å². The van der Waals surface area contributed by atoms with E-state index < -0.39 is 0 Å². The minimum absolute atomic E-state index is 0.133. The monoisotopic (exact) mass is 251 g/mol. The minimum Gasteiger partial charge on any atom is -0.394 e. The van der Waals surface area contributed by atoms with Crippen molar-refractivity contribution in [1.29, 1.82) is 0 Å². The van der Waals surface area contributed by atoms with Gasteiger partial charge in [-0.1, -0.05) is 25.1 Å². The highest BCUT2D eigenvalue weighted by molar-refractivity contribution is 5.17. The van der Waals surface area contributed by atoms with Gasteiger partial charge in [-0.2, -0.15) is 0 Å². The van der Waals surface area contributed by atoms with Gasteiger partial charge in [-0.05, 0) is 37.7 Å². The summed E-state index contributed by atoms with van der Waals surface area (Å²) in [6.07, 6.45) is 4.20. The van der Waals surface area contributed by atoms with Crippen molar-refractivity contribution in [2.24, 2.45) is 5.92 Å². The summed E-state index contributed by atoms with van der Waals surface area (Å²) >= 11 is 0. The molecule has 18 heavy (non-hydrogen) atoms. The molecule has 0 saturated heterocycles. The first kappa shape index (κ1) is 13.5. The average molecular weight is 251 g/mol. The van der Waals surface area contributed by atoms with E-state index in [1.165, 1.54) is 6.07 Å². The van der Waals surface area contributed by atoms with Crippen LogP contribution in [-0.2, 0) is 6.54 Å². The van der Waals surface area contributed by atoms with Gasteiger partial charge in [0, 0.05) is 17.6 Å². The molecular weight excluding hydrogens is 229 g/mol. The lowest BCUT2D eigenvalue weighted by molar-refractivity contribution is 0.104. The number of benzene rings is 1. The third kappa shape index (κ3) is 3.09. The molecule has 2 N–H and O–H groups in total. The van der Waals surface area contributed by atoms with Crippen LogP contribution < -0.4 is 5.32 Å². The first-order valence-corrected chi connectivity index (χ1v) is 6.74. The molecule has 2 rings (SSSR count). The Balaban J connectivity index is 1.97. The maximum absolute atomic E-state index is 13.5. The molecule has 0 unspecified atom stereocenters. The number of nitrogens with one attached hydrogen (secondary N) is 1. The van der Waals surface area contributed by atoms with Crippen molar-refractivity contribution in [2.75, 3.05) is 6.61 Å². The molecule has 0 atom stereocenters. The molecule has 100 valence electrons. The highest BCUT2D eigenvalue weighted by Crippen LogP contribution is 2.31. The van der Waals surface area contributed by atoms with Crippen LogP contribution in [0.1, 0.15) is 38.2 Å². The second-order valence-corrected chi connectivity index (χ2v) is 5.57. The Bertz CT molecular complexity index is 386. The van der Waals surface area contributed by atoms with Gasteiger partial charge in [-0.15, -0.1) is 0 Å². The molecule has 1 aromatic rings. The van der Waals surface area contributed by atoms with E-state index in [2.05, 4.69) is 12.2 Å². The Hall–Kier alpha value is -0.930. The molecule has 0 spiro atoms. The van der Waals surface area contributed by atoms with Crippen LogP contribution in [0, 0.1) is 11.7 Å². The lowest BCUT2D eigenvalue weighted by Gasteiger charge is -2.39. The van der Waals surface area contributed by atoms with Crippen molar-refractivity contribution in [3.8, 4) is 0 Å². The second kappa shape index (κ2) is 5.81. The lowest BCUT2D eigenvalue weighted by Crippen LogP contribution is -2.50. The van der Waals surface area contributed by atoms with Crippen LogP contribution in [-0.4, -0.2) is 17.3 Å². The van der Waals surface area contributed by atoms with E-state index in [4.69, 9.17) is 0 Å². The van der Waals surface area contributed by atoms with E-state index in [9.17, 15) is 9.50 Å². The number of aliphatic hydroxyl groups is 1. The van der Waals surface area contributed by atoms with Crippen LogP contribution in [0.3, 0.4) is 0 Å². The van der Waals surface area contributed by atoms with Crippen LogP contribution in [0.4, 0.5) is 4.39 Å². The van der Waals surface area contributed by atoms with E-state index in [1.807, 2.05) is 6.07 Å². The molecule has 0 radical (unpaired) electrons. The molecule has 0 bridgehead atoms. The van der Waals surface area contributed by atoms with Gasteiger partial charge in [0.2, 0.25) is 0 Å². The molecule has 1 fully saturated rings. The van der Waals surface area contributed by atoms with Crippen molar-refractivity contribution < 1.29 is 9.50 Å². The number of halogens is 1. The molecule has 0 aliphatic heterocycles. The Kier molecular flexibility index (Phi) is 4.36. The van der Waals surface area contributed by atoms with Gasteiger partial charge in [0.25, 0.3) is 0 Å². The van der Waals surface area contributed by atoms with Gasteiger partial charge >= 0.3 is 0 Å². The smallest absolute Gasteiger partial charge is 0.127 e. The summed E-state index contributed by atoms with van der Waals surface area (Å²) in [5.41, 5.74) is 0.457. The second-order valence-electron chi connectivity index (χ2n) is 5.57. The summed E-state index contributed by atoms with van der Waals surface area (Å²) in [5, 5.41) is 13.0. The zero-order chi connectivity index (χ0) is 13.0. The SMILES string of the molecule is CC1CCC(CO)(NCc2ccccc2F)CC1. The van der Waals surface area contributed by atoms with Crippen LogP contribution in [0.25, 0.3) is 0 Å². The summed E-state index contributed by atoms with van der Waals surface area (Å²) in [5.74, 6) is 0.558. The molecule has 1 aromatic carbocycles. The largest absolute Gasteiger partial charge is 0.394 e. The topological polar surface area (TPSA) is 32.3 Å². The lowest BCUT2D eigenvalue weighted by atomic mass is 9.77. The molecule has 0 aromatic heterocycles. The van der Waals surface area contributed by atoms with E-state index >= 15 is 0 Å². The first-order valence-electron chi connectivity index (χ1n) is 6.74. The fraction of sp³-hybridized carbons (Fsp3) is 0.600. The highest BCUT2D eigenvalue weighted by atomic mass is 19.1. The Labute approximate surface area is 108 Å². The number of aliphatic hydroxyl groups excluding tert-OH is 1. The molecule has 0 heterocycles. The number of hydrogen-bond acceptors (Lipinski definition) is 2. The summed E-state index contributed by atoms with van der Waals surface area (Å²) in [7, 11) is 0. The molecular formula is C15H22FNO. The molecule has 2 nitrogen and oxygen atoms in total. The molecule has 1 aliphatic rings. The Morgan fingerprint density at radius 1 is 1.33 bits per heavy atom. The standard InChI is InChI=1S/C15H22FNO/c1-12-6-8-15(11-18,9-7-12)17-10-13-4-2-3-5-14(13)16/h2-5,12,17-18H,6-11H2,1H3. The molecule has 3 heteroatoms. The van der Waals surface area contributed by atoms with Gasteiger partial charge in [-0.25, -0.2) is 4.39 Å². The average Bonchev–Trinajstić information content (AvgIpc) is 2.40. The van der Waals surface area contributed by atoms with E-state index in [1.54, 1.807) is 12.1 Å². The third-order valence-electron chi connectivity index (χ3n) is 4.15. The summed E-state index contributed by atoms with van der Waals surface area (Å²) in [6, 6.07) is 6.81. The van der Waals surface area contributed by atoms with Gasteiger partial charge < -0.3 is 10.4 Å². The van der Waals surface area contributed by atoms with E-state index in [0.29, 0.717) is 12.1 Å². The van der Waals surface area contributed by atoms with Gasteiger partial charge in [0.15, 0.2) is 0 Å². The van der Waals surface area contributed by atoms with Crippen LogP contribution in [0.15, 0.2) is 24.3 Å². The maximum Gasteiger partial charge on any atom is 0.127 e. The molecule has 1 aliphatic carbocycles. The highest BCUT2D eigenvalue weighted by Gasteiger charge is 2.33. The molecule has 0 amide bonds. The van der Waals surface area contributed by atoms with Crippen LogP contribution >= 0.6 is 0 Å². The van der Waals surface area contributed by atoms with E-state index in [-0.39, 0.29) is 18.0 Å². The quantitative estimate of drug-likeness (QED) is 0.862. The predicted molar refractivity (Wildman–Crippen MR) is 70.7 cm³/mol. The normalized spacial score (nSPS) is 28.3. The van der Waals surface area contributed by atoms with Crippen molar-refractivity contribution in [1.82, 2.24) is 5.32 Å². The number of hydrogen-bond donors (Lipinski definition) is 2. The predicted octanol–water partition coefficient (Wildman–Crippen LogP) is 2.86. The third-order valence-corrected chi connectivity index (χ3v) is 4.15. The first-order chi connectivity index (χ1) is 8.65. The zero-order valence-corrected chi connectivity index (χ0v) is 11.0. The minimum atomic E-state index is -0.214. The van der Waals surface area contributed by atoms with Gasteiger partial charge in [0.05, 0.1) is 6.61 Å². The summed E-state index contributed by atoms with van der Waals surface area (Å²) < 4.78 is 13.5. The van der Waals surface area contributed by atoms with Crippen molar-refractivity contribution in [3.63, 3.8) is 0 Å². The molecule has 1 saturated carbocycles. The van der Waals surface area contributed by atoms with Crippen molar-refractivity contribution >= 4 is 0 Å². The fourth-order valence-corrected chi connectivity index (χ4v) is 2.63. The number of rotatable bonds is 4. The van der Waals surface area contributed by atoms with E-state index in [0.717, 1.165) is 31.6 Å². The summed E-state index contributed by atoms with van der Waals surface area (Å²) in [6.45, 7) is 2.87. The Morgan fingerprint density at radius 3 is 2.61 bits per heavy atom.